The van der Waals surface area contributed by atoms with Crippen molar-refractivity contribution in [3.63, 3.8) is 0 Å². The number of aliphatic carboxylic acids is 1. The molecular weight excluding hydrogens is 222 g/mol. The Hall–Kier alpha value is -0.220. The fraction of sp³-hybridized carbons (Fsp3) is 0.917. The Bertz CT molecular complexity index is 245. The number of thioether (sulfide) groups is 1. The molecule has 1 aliphatic rings. The minimum absolute atomic E-state index is 0.500. The van der Waals surface area contributed by atoms with Gasteiger partial charge in [0.15, 0.2) is 0 Å². The molecule has 2 N–H and O–H groups in total. The molecule has 16 heavy (non-hydrogen) atoms. The van der Waals surface area contributed by atoms with Gasteiger partial charge in [-0.2, -0.15) is 11.8 Å². The predicted octanol–water partition coefficient (Wildman–Crippen LogP) is 2.50. The van der Waals surface area contributed by atoms with Gasteiger partial charge in [0.1, 0.15) is 5.54 Å². The highest BCUT2D eigenvalue weighted by Crippen LogP contribution is 2.38. The van der Waals surface area contributed by atoms with E-state index in [1.165, 1.54) is 0 Å². The van der Waals surface area contributed by atoms with Crippen LogP contribution in [-0.2, 0) is 4.79 Å². The van der Waals surface area contributed by atoms with Crippen LogP contribution in [0.5, 0.6) is 0 Å². The second kappa shape index (κ2) is 5.92. The standard InChI is InChI=1S/C12H23NO2S/c1-4-7-13-12(11(14)15)6-5-10(8-12)16-9(2)3/h9-10,13H,4-8H2,1-3H3,(H,14,15). The van der Waals surface area contributed by atoms with Gasteiger partial charge in [-0.1, -0.05) is 20.8 Å². The summed E-state index contributed by atoms with van der Waals surface area (Å²) in [5, 5.41) is 13.7. The van der Waals surface area contributed by atoms with Crippen LogP contribution in [0.25, 0.3) is 0 Å². The molecule has 0 aromatic rings. The Morgan fingerprint density at radius 1 is 1.62 bits per heavy atom. The van der Waals surface area contributed by atoms with Gasteiger partial charge in [-0.25, -0.2) is 0 Å². The highest BCUT2D eigenvalue weighted by molar-refractivity contribution is 8.00. The molecule has 0 aliphatic heterocycles. The molecule has 0 heterocycles. The molecule has 0 radical (unpaired) electrons. The van der Waals surface area contributed by atoms with Gasteiger partial charge in [0.2, 0.25) is 0 Å². The first kappa shape index (κ1) is 13.8. The number of hydrogen-bond acceptors (Lipinski definition) is 3. The zero-order valence-electron chi connectivity index (χ0n) is 10.5. The maximum Gasteiger partial charge on any atom is 0.323 e. The van der Waals surface area contributed by atoms with Crippen LogP contribution in [0, 0.1) is 0 Å². The minimum Gasteiger partial charge on any atom is -0.480 e. The monoisotopic (exact) mass is 245 g/mol. The molecule has 1 fully saturated rings. The van der Waals surface area contributed by atoms with E-state index in [1.807, 2.05) is 11.8 Å². The van der Waals surface area contributed by atoms with Crippen LogP contribution in [0.2, 0.25) is 0 Å². The number of nitrogens with one attached hydrogen (secondary N) is 1. The van der Waals surface area contributed by atoms with Crippen molar-refractivity contribution in [1.82, 2.24) is 5.32 Å². The van der Waals surface area contributed by atoms with Crippen molar-refractivity contribution in [2.45, 2.75) is 62.5 Å². The van der Waals surface area contributed by atoms with E-state index in [1.54, 1.807) is 0 Å². The van der Waals surface area contributed by atoms with Gasteiger partial charge in [0.05, 0.1) is 0 Å². The van der Waals surface area contributed by atoms with E-state index in [2.05, 4.69) is 26.1 Å². The summed E-state index contributed by atoms with van der Waals surface area (Å²) in [5.41, 5.74) is -0.650. The fourth-order valence-corrected chi connectivity index (χ4v) is 3.70. The van der Waals surface area contributed by atoms with E-state index in [0.717, 1.165) is 32.2 Å². The fourth-order valence-electron chi connectivity index (χ4n) is 2.30. The van der Waals surface area contributed by atoms with Gasteiger partial charge >= 0.3 is 5.97 Å². The molecule has 0 spiro atoms. The zero-order chi connectivity index (χ0) is 12.2. The van der Waals surface area contributed by atoms with Crippen LogP contribution in [0.4, 0.5) is 0 Å². The molecule has 2 unspecified atom stereocenters. The van der Waals surface area contributed by atoms with E-state index in [-0.39, 0.29) is 0 Å². The van der Waals surface area contributed by atoms with Crippen molar-refractivity contribution in [3.8, 4) is 0 Å². The smallest absolute Gasteiger partial charge is 0.323 e. The van der Waals surface area contributed by atoms with Gasteiger partial charge in [-0.05, 0) is 37.5 Å². The second-order valence-electron chi connectivity index (χ2n) is 4.86. The van der Waals surface area contributed by atoms with Gasteiger partial charge < -0.3 is 10.4 Å². The number of carboxylic acids is 1. The minimum atomic E-state index is -0.673. The number of rotatable bonds is 6. The van der Waals surface area contributed by atoms with Crippen LogP contribution < -0.4 is 5.32 Å². The van der Waals surface area contributed by atoms with Crippen molar-refractivity contribution in [3.05, 3.63) is 0 Å². The Morgan fingerprint density at radius 3 is 2.81 bits per heavy atom. The molecule has 0 bridgehead atoms. The molecule has 0 saturated heterocycles. The van der Waals surface area contributed by atoms with Gasteiger partial charge in [-0.3, -0.25) is 4.79 Å². The third kappa shape index (κ3) is 3.39. The quantitative estimate of drug-likeness (QED) is 0.755. The average molecular weight is 245 g/mol. The lowest BCUT2D eigenvalue weighted by atomic mass is 9.98. The molecule has 94 valence electrons. The maximum atomic E-state index is 11.4. The predicted molar refractivity (Wildman–Crippen MR) is 69.0 cm³/mol. The van der Waals surface area contributed by atoms with Crippen LogP contribution >= 0.6 is 11.8 Å². The molecule has 1 aliphatic carbocycles. The van der Waals surface area contributed by atoms with Crippen molar-refractivity contribution >= 4 is 17.7 Å². The molecule has 1 rings (SSSR count). The summed E-state index contributed by atoms with van der Waals surface area (Å²) in [7, 11) is 0. The van der Waals surface area contributed by atoms with Crippen LogP contribution in [0.3, 0.4) is 0 Å². The lowest BCUT2D eigenvalue weighted by molar-refractivity contribution is -0.144. The summed E-state index contributed by atoms with van der Waals surface area (Å²) in [4.78, 5) is 11.4. The Morgan fingerprint density at radius 2 is 2.31 bits per heavy atom. The van der Waals surface area contributed by atoms with Crippen molar-refractivity contribution in [2.75, 3.05) is 6.54 Å². The van der Waals surface area contributed by atoms with Gasteiger partial charge in [0, 0.05) is 5.25 Å². The van der Waals surface area contributed by atoms with E-state index < -0.39 is 11.5 Å². The number of carbonyl (C=O) groups is 1. The Balaban J connectivity index is 2.57. The average Bonchev–Trinajstić information content (AvgIpc) is 2.59. The van der Waals surface area contributed by atoms with Crippen molar-refractivity contribution in [1.29, 1.82) is 0 Å². The molecule has 0 aromatic carbocycles. The first-order chi connectivity index (χ1) is 7.50. The highest BCUT2D eigenvalue weighted by Gasteiger charge is 2.45. The summed E-state index contributed by atoms with van der Waals surface area (Å²) in [6.45, 7) is 7.21. The highest BCUT2D eigenvalue weighted by atomic mass is 32.2. The summed E-state index contributed by atoms with van der Waals surface area (Å²) in [6.07, 6.45) is 3.54. The van der Waals surface area contributed by atoms with E-state index in [4.69, 9.17) is 0 Å². The number of carboxylic acid groups (broad SMARTS) is 1. The Labute approximate surface area is 102 Å². The van der Waals surface area contributed by atoms with E-state index >= 15 is 0 Å². The third-order valence-electron chi connectivity index (χ3n) is 3.06. The SMILES string of the molecule is CCCNC1(C(=O)O)CCC(SC(C)C)C1. The summed E-state index contributed by atoms with van der Waals surface area (Å²) < 4.78 is 0. The topological polar surface area (TPSA) is 49.3 Å². The summed E-state index contributed by atoms with van der Waals surface area (Å²) in [6, 6.07) is 0. The van der Waals surface area contributed by atoms with Gasteiger partial charge in [0.25, 0.3) is 0 Å². The summed E-state index contributed by atoms with van der Waals surface area (Å²) >= 11 is 1.91. The van der Waals surface area contributed by atoms with Crippen LogP contribution in [0.1, 0.15) is 46.5 Å². The first-order valence-electron chi connectivity index (χ1n) is 6.14. The normalized spacial score (nSPS) is 29.9. The third-order valence-corrected chi connectivity index (χ3v) is 4.39. The van der Waals surface area contributed by atoms with E-state index in [9.17, 15) is 9.90 Å². The van der Waals surface area contributed by atoms with E-state index in [0.29, 0.717) is 10.5 Å². The first-order valence-corrected chi connectivity index (χ1v) is 7.08. The lowest BCUT2D eigenvalue weighted by Gasteiger charge is -2.26. The maximum absolute atomic E-state index is 11.4. The molecule has 2 atom stereocenters. The van der Waals surface area contributed by atoms with Crippen LogP contribution in [0.15, 0.2) is 0 Å². The molecule has 3 nitrogen and oxygen atoms in total. The Kier molecular flexibility index (Phi) is 5.12. The molecule has 1 saturated carbocycles. The zero-order valence-corrected chi connectivity index (χ0v) is 11.3. The molecular formula is C12H23NO2S. The molecule has 4 heteroatoms. The van der Waals surface area contributed by atoms with Crippen molar-refractivity contribution < 1.29 is 9.90 Å². The number of hydrogen-bond donors (Lipinski definition) is 2. The molecule has 0 aromatic heterocycles. The lowest BCUT2D eigenvalue weighted by Crippen LogP contribution is -2.50. The largest absolute Gasteiger partial charge is 0.480 e. The summed E-state index contributed by atoms with van der Waals surface area (Å²) in [5.74, 6) is -0.673. The molecule has 0 amide bonds. The van der Waals surface area contributed by atoms with Crippen molar-refractivity contribution in [2.24, 2.45) is 0 Å². The second-order valence-corrected chi connectivity index (χ2v) is 6.75. The van der Waals surface area contributed by atoms with Gasteiger partial charge in [-0.15, -0.1) is 0 Å². The van der Waals surface area contributed by atoms with Crippen LogP contribution in [-0.4, -0.2) is 33.7 Å².